The van der Waals surface area contributed by atoms with Crippen LogP contribution in [0.25, 0.3) is 0 Å². The SMILES string of the molecule is CC(C)(C)OC(=O)NCCCC(=O)N1CCC(C2c3ccc(Cl)cc3CCc3cc(Br)cnc32)CC1. The van der Waals surface area contributed by atoms with Crippen LogP contribution in [0.5, 0.6) is 0 Å². The van der Waals surface area contributed by atoms with E-state index >= 15 is 0 Å². The van der Waals surface area contributed by atoms with Crippen LogP contribution in [0.3, 0.4) is 0 Å². The van der Waals surface area contributed by atoms with Crippen molar-refractivity contribution in [1.82, 2.24) is 15.2 Å². The zero-order chi connectivity index (χ0) is 25.9. The van der Waals surface area contributed by atoms with E-state index in [2.05, 4.69) is 39.4 Å². The largest absolute Gasteiger partial charge is 0.444 e. The average Bonchev–Trinajstić information content (AvgIpc) is 2.97. The Balaban J connectivity index is 1.37. The Bertz CT molecular complexity index is 1060. The first-order valence-corrected chi connectivity index (χ1v) is 13.9. The molecule has 6 nitrogen and oxygen atoms in total. The van der Waals surface area contributed by atoms with Crippen molar-refractivity contribution in [3.8, 4) is 0 Å². The molecule has 1 aliphatic carbocycles. The molecule has 1 atom stereocenters. The zero-order valence-electron chi connectivity index (χ0n) is 21.3. The first-order valence-electron chi connectivity index (χ1n) is 12.8. The number of nitrogens with zero attached hydrogens (tertiary/aromatic N) is 2. The standard InChI is InChI=1S/C28H35BrClN3O3/c1-28(2,3)36-27(35)31-12-4-5-24(34)33-13-10-18(11-14-33)25-23-9-8-22(30)16-19(23)6-7-20-15-21(29)17-32-26(20)25/h8-9,15-18,25H,4-7,10-14H2,1-3H3,(H,31,35). The van der Waals surface area contributed by atoms with Crippen molar-refractivity contribution < 1.29 is 14.3 Å². The lowest BCUT2D eigenvalue weighted by molar-refractivity contribution is -0.132. The van der Waals surface area contributed by atoms with E-state index in [1.54, 1.807) is 0 Å². The highest BCUT2D eigenvalue weighted by Gasteiger charge is 2.35. The molecule has 2 heterocycles. The van der Waals surface area contributed by atoms with Crippen molar-refractivity contribution in [1.29, 1.82) is 0 Å². The Kier molecular flexibility index (Phi) is 8.61. The second kappa shape index (κ2) is 11.5. The Labute approximate surface area is 227 Å². The molecule has 0 radical (unpaired) electrons. The van der Waals surface area contributed by atoms with Crippen LogP contribution in [0.1, 0.15) is 74.8 Å². The van der Waals surface area contributed by atoms with Gasteiger partial charge in [-0.3, -0.25) is 9.78 Å². The minimum absolute atomic E-state index is 0.148. The molecular weight excluding hydrogens is 542 g/mol. The van der Waals surface area contributed by atoms with Crippen LogP contribution in [-0.4, -0.2) is 47.1 Å². The molecule has 4 rings (SSSR count). The number of carbonyl (C=O) groups excluding carboxylic acids is 2. The summed E-state index contributed by atoms with van der Waals surface area (Å²) in [6.07, 6.45) is 6.24. The molecule has 1 aromatic carbocycles. The number of pyridine rings is 1. The highest BCUT2D eigenvalue weighted by molar-refractivity contribution is 9.10. The monoisotopic (exact) mass is 575 g/mol. The Morgan fingerprint density at radius 1 is 1.17 bits per heavy atom. The number of amides is 2. The fraction of sp³-hybridized carbons (Fsp3) is 0.536. The number of alkyl carbamates (subject to hydrolysis) is 1. The summed E-state index contributed by atoms with van der Waals surface area (Å²) >= 11 is 9.94. The number of halogens is 2. The van der Waals surface area contributed by atoms with E-state index in [4.69, 9.17) is 21.3 Å². The molecule has 1 N–H and O–H groups in total. The van der Waals surface area contributed by atoms with E-state index < -0.39 is 11.7 Å². The highest BCUT2D eigenvalue weighted by Crippen LogP contribution is 2.43. The van der Waals surface area contributed by atoms with Gasteiger partial charge in [-0.1, -0.05) is 17.7 Å². The van der Waals surface area contributed by atoms with E-state index in [1.165, 1.54) is 16.7 Å². The molecule has 1 fully saturated rings. The fourth-order valence-electron chi connectivity index (χ4n) is 5.34. The van der Waals surface area contributed by atoms with Crippen LogP contribution in [-0.2, 0) is 22.4 Å². The van der Waals surface area contributed by atoms with Gasteiger partial charge < -0.3 is 15.0 Å². The quantitative estimate of drug-likeness (QED) is 0.426. The van der Waals surface area contributed by atoms with Crippen LogP contribution >= 0.6 is 27.5 Å². The molecule has 2 aliphatic rings. The van der Waals surface area contributed by atoms with Gasteiger partial charge in [-0.15, -0.1) is 0 Å². The lowest BCUT2D eigenvalue weighted by atomic mass is 9.76. The van der Waals surface area contributed by atoms with Gasteiger partial charge in [0.05, 0.1) is 5.69 Å². The van der Waals surface area contributed by atoms with Crippen molar-refractivity contribution in [2.75, 3.05) is 19.6 Å². The van der Waals surface area contributed by atoms with Gasteiger partial charge in [0.15, 0.2) is 0 Å². The van der Waals surface area contributed by atoms with Crippen LogP contribution in [0, 0.1) is 5.92 Å². The number of hydrogen-bond donors (Lipinski definition) is 1. The molecule has 0 bridgehead atoms. The Hall–Kier alpha value is -2.12. The van der Waals surface area contributed by atoms with E-state index in [-0.39, 0.29) is 11.8 Å². The molecular formula is C28H35BrClN3O3. The van der Waals surface area contributed by atoms with Gasteiger partial charge in [-0.05, 0) is 110 Å². The van der Waals surface area contributed by atoms with Gasteiger partial charge in [-0.25, -0.2) is 4.79 Å². The number of rotatable bonds is 5. The second-order valence-corrected chi connectivity index (χ2v) is 12.1. The third-order valence-electron chi connectivity index (χ3n) is 6.97. The normalized spacial score (nSPS) is 18.1. The molecule has 0 spiro atoms. The van der Waals surface area contributed by atoms with Crippen molar-refractivity contribution in [3.05, 3.63) is 62.3 Å². The number of piperidine rings is 1. The number of aryl methyl sites for hydroxylation is 2. The number of hydrogen-bond acceptors (Lipinski definition) is 4. The topological polar surface area (TPSA) is 71.5 Å². The average molecular weight is 577 g/mol. The smallest absolute Gasteiger partial charge is 0.407 e. The minimum atomic E-state index is -0.527. The number of likely N-dealkylation sites (tertiary alicyclic amines) is 1. The zero-order valence-corrected chi connectivity index (χ0v) is 23.6. The lowest BCUT2D eigenvalue weighted by Crippen LogP contribution is -2.40. The molecule has 194 valence electrons. The van der Waals surface area contributed by atoms with E-state index in [9.17, 15) is 9.59 Å². The number of ether oxygens (including phenoxy) is 1. The number of fused-ring (bicyclic) bond motifs is 2. The summed E-state index contributed by atoms with van der Waals surface area (Å²) in [6.45, 7) is 7.40. The van der Waals surface area contributed by atoms with Gasteiger partial charge >= 0.3 is 6.09 Å². The molecule has 8 heteroatoms. The molecule has 2 amide bonds. The molecule has 2 aromatic rings. The van der Waals surface area contributed by atoms with E-state index in [0.717, 1.165) is 54.0 Å². The third kappa shape index (κ3) is 6.80. The maximum absolute atomic E-state index is 12.8. The molecule has 1 aromatic heterocycles. The molecule has 1 aliphatic heterocycles. The predicted octanol–water partition coefficient (Wildman–Crippen LogP) is 6.27. The van der Waals surface area contributed by atoms with Gasteiger partial charge in [-0.2, -0.15) is 0 Å². The van der Waals surface area contributed by atoms with Crippen LogP contribution in [0.15, 0.2) is 34.9 Å². The number of aromatic nitrogens is 1. The summed E-state index contributed by atoms with van der Waals surface area (Å²) < 4.78 is 6.25. The van der Waals surface area contributed by atoms with E-state index in [1.807, 2.05) is 37.9 Å². The Morgan fingerprint density at radius 3 is 2.61 bits per heavy atom. The number of nitrogens with one attached hydrogen (secondary N) is 1. The molecule has 1 saturated heterocycles. The van der Waals surface area contributed by atoms with E-state index in [0.29, 0.717) is 25.3 Å². The second-order valence-electron chi connectivity index (χ2n) is 10.8. The summed E-state index contributed by atoms with van der Waals surface area (Å²) in [7, 11) is 0. The number of benzene rings is 1. The van der Waals surface area contributed by atoms with Crippen LogP contribution in [0.2, 0.25) is 5.02 Å². The van der Waals surface area contributed by atoms with Crippen molar-refractivity contribution in [2.45, 2.75) is 70.8 Å². The van der Waals surface area contributed by atoms with Gasteiger partial charge in [0, 0.05) is 47.7 Å². The van der Waals surface area contributed by atoms with Gasteiger partial charge in [0.2, 0.25) is 5.91 Å². The minimum Gasteiger partial charge on any atom is -0.444 e. The lowest BCUT2D eigenvalue weighted by Gasteiger charge is -2.37. The summed E-state index contributed by atoms with van der Waals surface area (Å²) in [5, 5.41) is 3.50. The molecule has 0 saturated carbocycles. The highest BCUT2D eigenvalue weighted by atomic mass is 79.9. The van der Waals surface area contributed by atoms with Crippen molar-refractivity contribution in [2.24, 2.45) is 5.92 Å². The Morgan fingerprint density at radius 2 is 1.89 bits per heavy atom. The van der Waals surface area contributed by atoms with Gasteiger partial charge in [0.1, 0.15) is 5.60 Å². The summed E-state index contributed by atoms with van der Waals surface area (Å²) in [5.41, 5.74) is 4.56. The van der Waals surface area contributed by atoms with Crippen molar-refractivity contribution >= 4 is 39.5 Å². The fourth-order valence-corrected chi connectivity index (χ4v) is 5.92. The first-order chi connectivity index (χ1) is 17.1. The van der Waals surface area contributed by atoms with Crippen molar-refractivity contribution in [3.63, 3.8) is 0 Å². The maximum Gasteiger partial charge on any atom is 0.407 e. The molecule has 1 unspecified atom stereocenters. The van der Waals surface area contributed by atoms with Gasteiger partial charge in [0.25, 0.3) is 0 Å². The maximum atomic E-state index is 12.8. The predicted molar refractivity (Wildman–Crippen MR) is 145 cm³/mol. The third-order valence-corrected chi connectivity index (χ3v) is 7.63. The first kappa shape index (κ1) is 26.9. The summed E-state index contributed by atoms with van der Waals surface area (Å²) in [4.78, 5) is 31.5. The van der Waals surface area contributed by atoms with Crippen LogP contribution in [0.4, 0.5) is 4.79 Å². The summed E-state index contributed by atoms with van der Waals surface area (Å²) in [5.74, 6) is 0.765. The van der Waals surface area contributed by atoms with Crippen LogP contribution < -0.4 is 5.32 Å². The molecule has 36 heavy (non-hydrogen) atoms. The summed E-state index contributed by atoms with van der Waals surface area (Å²) in [6, 6.07) is 8.47. The number of carbonyl (C=O) groups is 2.